The van der Waals surface area contributed by atoms with Crippen molar-refractivity contribution in [1.82, 2.24) is 5.32 Å². The molecule has 1 nitrogen and oxygen atoms in total. The standard InChI is InChI=1S/C15H21F4N/c1-4-14(5-2,6-3)20-10-11-7-8-13(16)12(9-11)15(17,18)19/h7-9,20H,4-6,10H2,1-3H3. The summed E-state index contributed by atoms with van der Waals surface area (Å²) in [5, 5.41) is 3.31. The summed E-state index contributed by atoms with van der Waals surface area (Å²) in [5.41, 5.74) is -0.836. The van der Waals surface area contributed by atoms with Crippen LogP contribution in [-0.2, 0) is 12.7 Å². The average molecular weight is 291 g/mol. The zero-order chi connectivity index (χ0) is 15.4. The molecule has 0 heterocycles. The van der Waals surface area contributed by atoms with Gasteiger partial charge >= 0.3 is 6.18 Å². The van der Waals surface area contributed by atoms with Crippen molar-refractivity contribution in [2.45, 2.75) is 58.3 Å². The highest BCUT2D eigenvalue weighted by molar-refractivity contribution is 5.27. The quantitative estimate of drug-likeness (QED) is 0.735. The fraction of sp³-hybridized carbons (Fsp3) is 0.600. The summed E-state index contributed by atoms with van der Waals surface area (Å²) >= 11 is 0. The van der Waals surface area contributed by atoms with E-state index in [1.165, 1.54) is 6.07 Å². The lowest BCUT2D eigenvalue weighted by Gasteiger charge is -2.32. The SMILES string of the molecule is CCC(CC)(CC)NCc1ccc(F)c(C(F)(F)F)c1. The molecule has 0 aliphatic heterocycles. The molecule has 1 aromatic rings. The lowest BCUT2D eigenvalue weighted by Crippen LogP contribution is -2.43. The first kappa shape index (κ1) is 17.0. The van der Waals surface area contributed by atoms with Gasteiger partial charge < -0.3 is 5.32 Å². The molecule has 0 aliphatic carbocycles. The zero-order valence-electron chi connectivity index (χ0n) is 12.1. The Kier molecular flexibility index (Phi) is 5.57. The molecule has 0 amide bonds. The van der Waals surface area contributed by atoms with E-state index in [1.54, 1.807) is 0 Å². The molecule has 0 bridgehead atoms. The predicted molar refractivity (Wildman–Crippen MR) is 71.8 cm³/mol. The van der Waals surface area contributed by atoms with Crippen molar-refractivity contribution in [2.75, 3.05) is 0 Å². The molecular weight excluding hydrogens is 270 g/mol. The Hall–Kier alpha value is -1.10. The zero-order valence-corrected chi connectivity index (χ0v) is 12.1. The van der Waals surface area contributed by atoms with Gasteiger partial charge in [0.15, 0.2) is 0 Å². The Morgan fingerprint density at radius 1 is 1.00 bits per heavy atom. The van der Waals surface area contributed by atoms with Gasteiger partial charge in [0.25, 0.3) is 0 Å². The number of halogens is 4. The number of alkyl halides is 3. The van der Waals surface area contributed by atoms with E-state index in [1.807, 2.05) is 20.8 Å². The molecule has 0 unspecified atom stereocenters. The summed E-state index contributed by atoms with van der Waals surface area (Å²) in [6, 6.07) is 3.16. The maximum atomic E-state index is 13.2. The fourth-order valence-electron chi connectivity index (χ4n) is 2.31. The Balaban J connectivity index is 2.89. The molecule has 0 radical (unpaired) electrons. The van der Waals surface area contributed by atoms with Gasteiger partial charge in [-0.05, 0) is 37.0 Å². The Labute approximate surface area is 117 Å². The van der Waals surface area contributed by atoms with Crippen LogP contribution in [0.25, 0.3) is 0 Å². The number of benzene rings is 1. The smallest absolute Gasteiger partial charge is 0.307 e. The minimum Gasteiger partial charge on any atom is -0.307 e. The van der Waals surface area contributed by atoms with Gasteiger partial charge in [0.05, 0.1) is 5.56 Å². The Morgan fingerprint density at radius 2 is 1.55 bits per heavy atom. The summed E-state index contributed by atoms with van der Waals surface area (Å²) in [6.07, 6.45) is -1.97. The third-order valence-electron chi connectivity index (χ3n) is 4.03. The molecule has 0 atom stereocenters. The van der Waals surface area contributed by atoms with Crippen LogP contribution in [0.3, 0.4) is 0 Å². The van der Waals surface area contributed by atoms with Gasteiger partial charge in [-0.1, -0.05) is 26.8 Å². The highest BCUT2D eigenvalue weighted by Crippen LogP contribution is 2.32. The average Bonchev–Trinajstić information content (AvgIpc) is 2.41. The van der Waals surface area contributed by atoms with E-state index in [-0.39, 0.29) is 5.54 Å². The van der Waals surface area contributed by atoms with Crippen LogP contribution in [0.2, 0.25) is 0 Å². The topological polar surface area (TPSA) is 12.0 Å². The van der Waals surface area contributed by atoms with Crippen LogP contribution in [-0.4, -0.2) is 5.54 Å². The Bertz CT molecular complexity index is 428. The van der Waals surface area contributed by atoms with Crippen molar-refractivity contribution in [1.29, 1.82) is 0 Å². The third-order valence-corrected chi connectivity index (χ3v) is 4.03. The summed E-state index contributed by atoms with van der Waals surface area (Å²) in [4.78, 5) is 0. The van der Waals surface area contributed by atoms with Crippen molar-refractivity contribution in [3.05, 3.63) is 35.1 Å². The first-order valence-electron chi connectivity index (χ1n) is 6.88. The normalized spacial score (nSPS) is 12.8. The van der Waals surface area contributed by atoms with Gasteiger partial charge in [-0.3, -0.25) is 0 Å². The summed E-state index contributed by atoms with van der Waals surface area (Å²) in [7, 11) is 0. The van der Waals surface area contributed by atoms with Crippen LogP contribution in [0.15, 0.2) is 18.2 Å². The van der Waals surface area contributed by atoms with E-state index in [0.29, 0.717) is 12.1 Å². The van der Waals surface area contributed by atoms with Crippen molar-refractivity contribution in [3.63, 3.8) is 0 Å². The first-order chi connectivity index (χ1) is 9.28. The molecule has 0 saturated heterocycles. The lowest BCUT2D eigenvalue weighted by molar-refractivity contribution is -0.140. The van der Waals surface area contributed by atoms with Gasteiger partial charge in [0.1, 0.15) is 5.82 Å². The van der Waals surface area contributed by atoms with Crippen LogP contribution in [0, 0.1) is 5.82 Å². The largest absolute Gasteiger partial charge is 0.419 e. The van der Waals surface area contributed by atoms with Crippen LogP contribution in [0.1, 0.15) is 51.2 Å². The molecule has 1 aromatic carbocycles. The van der Waals surface area contributed by atoms with Gasteiger partial charge in [0, 0.05) is 12.1 Å². The van der Waals surface area contributed by atoms with Crippen LogP contribution >= 0.6 is 0 Å². The molecule has 0 aromatic heterocycles. The van der Waals surface area contributed by atoms with Gasteiger partial charge in [-0.2, -0.15) is 13.2 Å². The molecule has 0 aliphatic rings. The lowest BCUT2D eigenvalue weighted by atomic mass is 9.89. The second-order valence-corrected chi connectivity index (χ2v) is 5.01. The van der Waals surface area contributed by atoms with E-state index < -0.39 is 17.6 Å². The third kappa shape index (κ3) is 3.95. The van der Waals surface area contributed by atoms with Crippen LogP contribution in [0.5, 0.6) is 0 Å². The first-order valence-corrected chi connectivity index (χ1v) is 6.88. The van der Waals surface area contributed by atoms with E-state index in [0.717, 1.165) is 31.4 Å². The highest BCUT2D eigenvalue weighted by atomic mass is 19.4. The molecule has 20 heavy (non-hydrogen) atoms. The second kappa shape index (κ2) is 6.57. The predicted octanol–water partition coefficient (Wildman–Crippen LogP) is 4.90. The van der Waals surface area contributed by atoms with E-state index in [4.69, 9.17) is 0 Å². The summed E-state index contributed by atoms with van der Waals surface area (Å²) in [6.45, 7) is 6.45. The van der Waals surface area contributed by atoms with E-state index in [2.05, 4.69) is 5.32 Å². The van der Waals surface area contributed by atoms with Gasteiger partial charge in [-0.25, -0.2) is 4.39 Å². The molecule has 0 saturated carbocycles. The maximum Gasteiger partial charge on any atom is 0.419 e. The van der Waals surface area contributed by atoms with Gasteiger partial charge in [0.2, 0.25) is 0 Å². The van der Waals surface area contributed by atoms with E-state index >= 15 is 0 Å². The summed E-state index contributed by atoms with van der Waals surface area (Å²) in [5.74, 6) is -1.23. The van der Waals surface area contributed by atoms with Gasteiger partial charge in [-0.15, -0.1) is 0 Å². The molecule has 1 N–H and O–H groups in total. The van der Waals surface area contributed by atoms with Crippen molar-refractivity contribution in [3.8, 4) is 0 Å². The number of hydrogen-bond donors (Lipinski definition) is 1. The number of rotatable bonds is 6. The number of nitrogens with one attached hydrogen (secondary N) is 1. The molecule has 0 spiro atoms. The Morgan fingerprint density at radius 3 is 2.00 bits per heavy atom. The second-order valence-electron chi connectivity index (χ2n) is 5.01. The highest BCUT2D eigenvalue weighted by Gasteiger charge is 2.34. The van der Waals surface area contributed by atoms with Crippen molar-refractivity contribution in [2.24, 2.45) is 0 Å². The summed E-state index contributed by atoms with van der Waals surface area (Å²) < 4.78 is 51.1. The van der Waals surface area contributed by atoms with Crippen molar-refractivity contribution >= 4 is 0 Å². The minimum absolute atomic E-state index is 0.0766. The molecular formula is C15H21F4N. The maximum absolute atomic E-state index is 13.2. The monoisotopic (exact) mass is 291 g/mol. The fourth-order valence-corrected chi connectivity index (χ4v) is 2.31. The minimum atomic E-state index is -4.66. The molecule has 1 rings (SSSR count). The van der Waals surface area contributed by atoms with E-state index in [9.17, 15) is 17.6 Å². The number of hydrogen-bond acceptors (Lipinski definition) is 1. The van der Waals surface area contributed by atoms with Crippen molar-refractivity contribution < 1.29 is 17.6 Å². The molecule has 0 fully saturated rings. The van der Waals surface area contributed by atoms with Crippen LogP contribution in [0.4, 0.5) is 17.6 Å². The molecule has 114 valence electrons. The van der Waals surface area contributed by atoms with Crippen LogP contribution < -0.4 is 5.32 Å². The molecule has 5 heteroatoms.